The molecule has 0 saturated carbocycles. The number of hydrogen-bond donors (Lipinski definition) is 0. The van der Waals surface area contributed by atoms with E-state index in [2.05, 4.69) is 9.97 Å². The number of aryl methyl sites for hydroxylation is 1. The fourth-order valence-corrected chi connectivity index (χ4v) is 2.49. The Morgan fingerprint density at radius 3 is 2.50 bits per heavy atom. The van der Waals surface area contributed by atoms with Gasteiger partial charge in [-0.2, -0.15) is 0 Å². The molecule has 6 heteroatoms. The summed E-state index contributed by atoms with van der Waals surface area (Å²) in [5, 5.41) is 0. The molecule has 1 saturated heterocycles. The van der Waals surface area contributed by atoms with Gasteiger partial charge in [0.15, 0.2) is 5.82 Å². The zero-order valence-electron chi connectivity index (χ0n) is 13.1. The minimum absolute atomic E-state index is 0.118. The van der Waals surface area contributed by atoms with Gasteiger partial charge in [0, 0.05) is 49.4 Å². The molecule has 1 fully saturated rings. The van der Waals surface area contributed by atoms with Crippen LogP contribution >= 0.6 is 0 Å². The zero-order chi connectivity index (χ0) is 15.7. The Balaban J connectivity index is 2.01. The van der Waals surface area contributed by atoms with Crippen LogP contribution < -0.4 is 4.90 Å². The van der Waals surface area contributed by atoms with E-state index < -0.39 is 0 Å². The van der Waals surface area contributed by atoms with Crippen molar-refractivity contribution in [2.24, 2.45) is 0 Å². The van der Waals surface area contributed by atoms with E-state index in [1.807, 2.05) is 37.9 Å². The first-order chi connectivity index (χ1) is 10.6. The first-order valence-corrected chi connectivity index (χ1v) is 7.31. The van der Waals surface area contributed by atoms with Crippen LogP contribution in [0.1, 0.15) is 11.3 Å². The minimum Gasteiger partial charge on any atom is -0.345 e. The molecule has 1 aliphatic heterocycles. The lowest BCUT2D eigenvalue weighted by molar-refractivity contribution is -0.129. The number of aromatic nitrogens is 3. The third-order valence-corrected chi connectivity index (χ3v) is 4.06. The molecule has 2 aromatic heterocycles. The van der Waals surface area contributed by atoms with Crippen LogP contribution in [0.15, 0.2) is 24.5 Å². The number of hydrogen-bond acceptors (Lipinski definition) is 5. The number of carbonyl (C=O) groups excluding carboxylic acids is 1. The maximum absolute atomic E-state index is 12.0. The summed E-state index contributed by atoms with van der Waals surface area (Å²) in [5.74, 6) is 1.64. The first-order valence-electron chi connectivity index (χ1n) is 7.31. The maximum atomic E-state index is 12.0. The van der Waals surface area contributed by atoms with Gasteiger partial charge in [-0.15, -0.1) is 0 Å². The SMILES string of the molecule is Cc1nc(-c2ccncc2)nc(N2CCN(C)C(=O)C2)c1C. The number of nitrogens with zero attached hydrogens (tertiary/aromatic N) is 5. The lowest BCUT2D eigenvalue weighted by atomic mass is 10.2. The topological polar surface area (TPSA) is 62.2 Å². The molecule has 3 rings (SSSR count). The second-order valence-electron chi connectivity index (χ2n) is 5.55. The second kappa shape index (κ2) is 5.71. The van der Waals surface area contributed by atoms with Crippen molar-refractivity contribution in [2.75, 3.05) is 31.6 Å². The van der Waals surface area contributed by atoms with E-state index in [4.69, 9.17) is 4.98 Å². The smallest absolute Gasteiger partial charge is 0.241 e. The highest BCUT2D eigenvalue weighted by Gasteiger charge is 2.24. The molecule has 0 aliphatic carbocycles. The monoisotopic (exact) mass is 297 g/mol. The Hall–Kier alpha value is -2.50. The number of rotatable bonds is 2. The Morgan fingerprint density at radius 2 is 1.82 bits per heavy atom. The van der Waals surface area contributed by atoms with Gasteiger partial charge < -0.3 is 9.80 Å². The van der Waals surface area contributed by atoms with E-state index in [-0.39, 0.29) is 5.91 Å². The van der Waals surface area contributed by atoms with Crippen LogP contribution in [0.25, 0.3) is 11.4 Å². The lowest BCUT2D eigenvalue weighted by Gasteiger charge is -2.33. The molecule has 0 unspecified atom stereocenters. The van der Waals surface area contributed by atoms with E-state index >= 15 is 0 Å². The predicted molar refractivity (Wildman–Crippen MR) is 84.6 cm³/mol. The molecule has 0 atom stereocenters. The van der Waals surface area contributed by atoms with Crippen molar-refractivity contribution in [1.82, 2.24) is 19.9 Å². The van der Waals surface area contributed by atoms with E-state index in [1.54, 1.807) is 17.3 Å². The summed E-state index contributed by atoms with van der Waals surface area (Å²) in [6.45, 7) is 5.84. The predicted octanol–water partition coefficient (Wildman–Crippen LogP) is 1.43. The molecule has 0 N–H and O–H groups in total. The van der Waals surface area contributed by atoms with Crippen molar-refractivity contribution in [1.29, 1.82) is 0 Å². The molecule has 114 valence electrons. The Bertz CT molecular complexity index is 701. The van der Waals surface area contributed by atoms with E-state index in [0.29, 0.717) is 18.9 Å². The van der Waals surface area contributed by atoms with Crippen LogP contribution in [0.5, 0.6) is 0 Å². The standard InChI is InChI=1S/C16H19N5O/c1-11-12(2)18-15(13-4-6-17-7-5-13)19-16(11)21-9-8-20(3)14(22)10-21/h4-7H,8-10H2,1-3H3. The first kappa shape index (κ1) is 14.4. The van der Waals surface area contributed by atoms with Crippen molar-refractivity contribution < 1.29 is 4.79 Å². The molecule has 0 radical (unpaired) electrons. The number of pyridine rings is 1. The van der Waals surface area contributed by atoms with Crippen LogP contribution in [0.3, 0.4) is 0 Å². The van der Waals surface area contributed by atoms with Crippen molar-refractivity contribution in [3.63, 3.8) is 0 Å². The van der Waals surface area contributed by atoms with Crippen LogP contribution in [0.4, 0.5) is 5.82 Å². The summed E-state index contributed by atoms with van der Waals surface area (Å²) in [4.78, 5) is 29.1. The molecule has 6 nitrogen and oxygen atoms in total. The molecule has 1 amide bonds. The van der Waals surface area contributed by atoms with Gasteiger partial charge in [0.1, 0.15) is 5.82 Å². The van der Waals surface area contributed by atoms with Crippen LogP contribution in [0, 0.1) is 13.8 Å². The van der Waals surface area contributed by atoms with Crippen molar-refractivity contribution >= 4 is 11.7 Å². The average Bonchev–Trinajstić information content (AvgIpc) is 2.53. The number of amides is 1. The van der Waals surface area contributed by atoms with E-state index in [1.165, 1.54) is 0 Å². The molecule has 1 aliphatic rings. The lowest BCUT2D eigenvalue weighted by Crippen LogP contribution is -2.49. The average molecular weight is 297 g/mol. The highest BCUT2D eigenvalue weighted by Crippen LogP contribution is 2.25. The number of carbonyl (C=O) groups is 1. The molecule has 0 aromatic carbocycles. The third-order valence-electron chi connectivity index (χ3n) is 4.06. The quantitative estimate of drug-likeness (QED) is 0.839. The number of anilines is 1. The molecule has 3 heterocycles. The number of likely N-dealkylation sites (N-methyl/N-ethyl adjacent to an activating group) is 1. The normalized spacial score (nSPS) is 15.3. The fraction of sp³-hybridized carbons (Fsp3) is 0.375. The van der Waals surface area contributed by atoms with Gasteiger partial charge >= 0.3 is 0 Å². The Morgan fingerprint density at radius 1 is 1.09 bits per heavy atom. The Kier molecular flexibility index (Phi) is 3.75. The summed E-state index contributed by atoms with van der Waals surface area (Å²) in [5.41, 5.74) is 2.89. The van der Waals surface area contributed by atoms with Crippen molar-refractivity contribution in [3.05, 3.63) is 35.8 Å². The summed E-state index contributed by atoms with van der Waals surface area (Å²) in [6, 6.07) is 3.78. The van der Waals surface area contributed by atoms with Gasteiger partial charge in [-0.25, -0.2) is 9.97 Å². The highest BCUT2D eigenvalue weighted by molar-refractivity contribution is 5.82. The van der Waals surface area contributed by atoms with Gasteiger partial charge in [-0.05, 0) is 26.0 Å². The van der Waals surface area contributed by atoms with Gasteiger partial charge in [-0.1, -0.05) is 0 Å². The van der Waals surface area contributed by atoms with Crippen molar-refractivity contribution in [2.45, 2.75) is 13.8 Å². The third kappa shape index (κ3) is 2.64. The highest BCUT2D eigenvalue weighted by atomic mass is 16.2. The number of piperazine rings is 1. The minimum atomic E-state index is 0.118. The van der Waals surface area contributed by atoms with Crippen molar-refractivity contribution in [3.8, 4) is 11.4 Å². The largest absolute Gasteiger partial charge is 0.345 e. The zero-order valence-corrected chi connectivity index (χ0v) is 13.1. The second-order valence-corrected chi connectivity index (χ2v) is 5.55. The summed E-state index contributed by atoms with van der Waals surface area (Å²) < 4.78 is 0. The summed E-state index contributed by atoms with van der Waals surface area (Å²) in [7, 11) is 1.83. The van der Waals surface area contributed by atoms with Gasteiger partial charge in [0.25, 0.3) is 0 Å². The molecular weight excluding hydrogens is 278 g/mol. The van der Waals surface area contributed by atoms with Gasteiger partial charge in [0.2, 0.25) is 5.91 Å². The van der Waals surface area contributed by atoms with Gasteiger partial charge in [-0.3, -0.25) is 9.78 Å². The fourth-order valence-electron chi connectivity index (χ4n) is 2.49. The Labute approximate surface area is 129 Å². The molecule has 22 heavy (non-hydrogen) atoms. The van der Waals surface area contributed by atoms with E-state index in [0.717, 1.165) is 29.2 Å². The molecular formula is C16H19N5O. The van der Waals surface area contributed by atoms with Gasteiger partial charge in [0.05, 0.1) is 6.54 Å². The maximum Gasteiger partial charge on any atom is 0.241 e. The molecule has 0 bridgehead atoms. The molecule has 0 spiro atoms. The molecule has 2 aromatic rings. The van der Waals surface area contributed by atoms with Crippen LogP contribution in [-0.2, 0) is 4.79 Å². The van der Waals surface area contributed by atoms with E-state index in [9.17, 15) is 4.79 Å². The summed E-state index contributed by atoms with van der Waals surface area (Å²) >= 11 is 0. The summed E-state index contributed by atoms with van der Waals surface area (Å²) in [6.07, 6.45) is 3.46. The van der Waals surface area contributed by atoms with Crippen LogP contribution in [0.2, 0.25) is 0 Å². The van der Waals surface area contributed by atoms with Crippen LogP contribution in [-0.4, -0.2) is 52.4 Å².